The second kappa shape index (κ2) is 7.04. The molecule has 0 saturated carbocycles. The first-order chi connectivity index (χ1) is 12.3. The highest BCUT2D eigenvalue weighted by atomic mass is 32.2. The van der Waals surface area contributed by atoms with E-state index in [9.17, 15) is 18.0 Å². The Kier molecular flexibility index (Phi) is 4.81. The number of cyclic esters (lactones) is 1. The van der Waals surface area contributed by atoms with Crippen LogP contribution < -0.4 is 14.9 Å². The predicted octanol–water partition coefficient (Wildman–Crippen LogP) is 2.46. The second-order valence-electron chi connectivity index (χ2n) is 5.69. The molecular formula is C17H17N3O5S. The van der Waals surface area contributed by atoms with Crippen LogP contribution in [0.1, 0.15) is 5.56 Å². The topological polar surface area (TPSA) is 105 Å². The molecule has 3 amide bonds. The molecule has 1 aliphatic rings. The fourth-order valence-electron chi connectivity index (χ4n) is 2.41. The molecule has 2 aromatic rings. The molecule has 0 atom stereocenters. The van der Waals surface area contributed by atoms with Crippen molar-refractivity contribution in [3.8, 4) is 0 Å². The minimum Gasteiger partial charge on any atom is -0.447 e. The van der Waals surface area contributed by atoms with Gasteiger partial charge in [0.15, 0.2) is 0 Å². The van der Waals surface area contributed by atoms with Gasteiger partial charge in [0.05, 0.1) is 11.4 Å². The van der Waals surface area contributed by atoms with Crippen molar-refractivity contribution in [1.29, 1.82) is 0 Å². The molecule has 1 aliphatic heterocycles. The molecule has 136 valence electrons. The number of urea groups is 1. The third kappa shape index (κ3) is 3.94. The molecule has 2 aromatic carbocycles. The van der Waals surface area contributed by atoms with Gasteiger partial charge in [0.2, 0.25) is 0 Å². The number of rotatable bonds is 4. The first kappa shape index (κ1) is 17.7. The maximum absolute atomic E-state index is 12.2. The molecular weight excluding hydrogens is 358 g/mol. The van der Waals surface area contributed by atoms with Crippen LogP contribution in [0.5, 0.6) is 0 Å². The standard InChI is InChI=1S/C17H17N3O5S/c1-12-2-8-15(9-3-12)26(23,24)19-16(21)18-13-4-6-14(7-5-13)20-10-11-25-17(20)22/h2-9H,10-11H2,1H3,(H2,18,19,21). The molecule has 0 aromatic heterocycles. The summed E-state index contributed by atoms with van der Waals surface area (Å²) in [7, 11) is -3.96. The van der Waals surface area contributed by atoms with Gasteiger partial charge in [-0.05, 0) is 43.3 Å². The van der Waals surface area contributed by atoms with E-state index in [1.54, 1.807) is 36.4 Å². The number of benzene rings is 2. The first-order valence-corrected chi connectivity index (χ1v) is 9.28. The van der Waals surface area contributed by atoms with Crippen LogP contribution in [-0.4, -0.2) is 33.7 Å². The maximum atomic E-state index is 12.2. The SMILES string of the molecule is Cc1ccc(S(=O)(=O)NC(=O)Nc2ccc(N3CCOC3=O)cc2)cc1. The summed E-state index contributed by atoms with van der Waals surface area (Å²) in [5, 5.41) is 2.44. The van der Waals surface area contributed by atoms with Crippen molar-refractivity contribution in [3.05, 3.63) is 54.1 Å². The normalized spacial score (nSPS) is 14.0. The highest BCUT2D eigenvalue weighted by Gasteiger charge is 2.23. The number of amides is 3. The molecule has 0 spiro atoms. The summed E-state index contributed by atoms with van der Waals surface area (Å²) in [6, 6.07) is 11.7. The largest absolute Gasteiger partial charge is 0.447 e. The number of carbonyl (C=O) groups excluding carboxylic acids is 2. The highest BCUT2D eigenvalue weighted by Crippen LogP contribution is 2.21. The summed E-state index contributed by atoms with van der Waals surface area (Å²) in [5.74, 6) is 0. The Morgan fingerprint density at radius 2 is 1.73 bits per heavy atom. The summed E-state index contributed by atoms with van der Waals surface area (Å²) < 4.78 is 31.2. The fraction of sp³-hybridized carbons (Fsp3) is 0.176. The van der Waals surface area contributed by atoms with Gasteiger partial charge in [-0.2, -0.15) is 0 Å². The zero-order chi connectivity index (χ0) is 18.7. The molecule has 0 unspecified atom stereocenters. The summed E-state index contributed by atoms with van der Waals surface area (Å²) in [6.07, 6.45) is -0.423. The van der Waals surface area contributed by atoms with Crippen molar-refractivity contribution in [1.82, 2.24) is 4.72 Å². The van der Waals surface area contributed by atoms with Crippen molar-refractivity contribution >= 4 is 33.5 Å². The quantitative estimate of drug-likeness (QED) is 0.854. The lowest BCUT2D eigenvalue weighted by atomic mass is 10.2. The summed E-state index contributed by atoms with van der Waals surface area (Å²) >= 11 is 0. The van der Waals surface area contributed by atoms with Crippen molar-refractivity contribution in [2.75, 3.05) is 23.4 Å². The van der Waals surface area contributed by atoms with Crippen molar-refractivity contribution in [3.63, 3.8) is 0 Å². The minimum absolute atomic E-state index is 0.00106. The van der Waals surface area contributed by atoms with Crippen LogP contribution in [0, 0.1) is 6.92 Å². The number of carbonyl (C=O) groups is 2. The van der Waals surface area contributed by atoms with Gasteiger partial charge in [-0.1, -0.05) is 17.7 Å². The van der Waals surface area contributed by atoms with E-state index in [1.165, 1.54) is 17.0 Å². The number of sulfonamides is 1. The van der Waals surface area contributed by atoms with Gasteiger partial charge in [0, 0.05) is 11.4 Å². The Hall–Kier alpha value is -3.07. The zero-order valence-corrected chi connectivity index (χ0v) is 14.7. The van der Waals surface area contributed by atoms with Crippen LogP contribution in [0.2, 0.25) is 0 Å². The van der Waals surface area contributed by atoms with E-state index in [1.807, 2.05) is 11.6 Å². The number of hydrogen-bond acceptors (Lipinski definition) is 5. The van der Waals surface area contributed by atoms with Crippen molar-refractivity contribution in [2.45, 2.75) is 11.8 Å². The van der Waals surface area contributed by atoms with Gasteiger partial charge in [0.25, 0.3) is 10.0 Å². The van der Waals surface area contributed by atoms with E-state index in [-0.39, 0.29) is 4.90 Å². The van der Waals surface area contributed by atoms with Crippen LogP contribution in [0.15, 0.2) is 53.4 Å². The molecule has 0 bridgehead atoms. The maximum Gasteiger partial charge on any atom is 0.414 e. The highest BCUT2D eigenvalue weighted by molar-refractivity contribution is 7.90. The molecule has 0 radical (unpaired) electrons. The van der Waals surface area contributed by atoms with E-state index in [2.05, 4.69) is 5.32 Å². The Balaban J connectivity index is 1.64. The molecule has 26 heavy (non-hydrogen) atoms. The van der Waals surface area contributed by atoms with Crippen LogP contribution in [0.25, 0.3) is 0 Å². The molecule has 0 aliphatic carbocycles. The molecule has 3 rings (SSSR count). The van der Waals surface area contributed by atoms with Crippen LogP contribution in [0.4, 0.5) is 21.0 Å². The Morgan fingerprint density at radius 3 is 2.31 bits per heavy atom. The number of aryl methyl sites for hydroxylation is 1. The predicted molar refractivity (Wildman–Crippen MR) is 95.7 cm³/mol. The van der Waals surface area contributed by atoms with E-state index in [4.69, 9.17) is 4.74 Å². The van der Waals surface area contributed by atoms with Gasteiger partial charge in [-0.25, -0.2) is 22.7 Å². The van der Waals surface area contributed by atoms with Gasteiger partial charge in [-0.15, -0.1) is 0 Å². The lowest BCUT2D eigenvalue weighted by Gasteiger charge is -2.13. The van der Waals surface area contributed by atoms with E-state index in [0.717, 1.165) is 5.56 Å². The van der Waals surface area contributed by atoms with Crippen LogP contribution >= 0.6 is 0 Å². The van der Waals surface area contributed by atoms with Crippen LogP contribution in [-0.2, 0) is 14.8 Å². The number of ether oxygens (including phenoxy) is 1. The van der Waals surface area contributed by atoms with Crippen molar-refractivity contribution in [2.24, 2.45) is 0 Å². The third-order valence-electron chi connectivity index (χ3n) is 3.76. The Labute approximate surface area is 150 Å². The number of nitrogens with one attached hydrogen (secondary N) is 2. The lowest BCUT2D eigenvalue weighted by molar-refractivity contribution is 0.181. The molecule has 1 saturated heterocycles. The van der Waals surface area contributed by atoms with Gasteiger partial charge in [0.1, 0.15) is 6.61 Å². The van der Waals surface area contributed by atoms with Gasteiger partial charge < -0.3 is 10.1 Å². The average Bonchev–Trinajstić information content (AvgIpc) is 3.01. The lowest BCUT2D eigenvalue weighted by Crippen LogP contribution is -2.34. The molecule has 2 N–H and O–H groups in total. The summed E-state index contributed by atoms with van der Waals surface area (Å²) in [6.45, 7) is 2.63. The third-order valence-corrected chi connectivity index (χ3v) is 5.10. The number of nitrogens with zero attached hydrogens (tertiary/aromatic N) is 1. The van der Waals surface area contributed by atoms with Crippen LogP contribution in [0.3, 0.4) is 0 Å². The summed E-state index contributed by atoms with van der Waals surface area (Å²) in [5.41, 5.74) is 1.93. The molecule has 1 heterocycles. The second-order valence-corrected chi connectivity index (χ2v) is 7.37. The molecule has 1 fully saturated rings. The Morgan fingerprint density at radius 1 is 1.08 bits per heavy atom. The summed E-state index contributed by atoms with van der Waals surface area (Å²) in [4.78, 5) is 24.9. The van der Waals surface area contributed by atoms with E-state index in [0.29, 0.717) is 24.5 Å². The fourth-order valence-corrected chi connectivity index (χ4v) is 3.31. The van der Waals surface area contributed by atoms with E-state index < -0.39 is 22.1 Å². The van der Waals surface area contributed by atoms with Crippen molar-refractivity contribution < 1.29 is 22.7 Å². The van der Waals surface area contributed by atoms with Gasteiger partial charge >= 0.3 is 12.1 Å². The molecule has 9 heteroatoms. The monoisotopic (exact) mass is 375 g/mol. The average molecular weight is 375 g/mol. The number of anilines is 2. The zero-order valence-electron chi connectivity index (χ0n) is 13.9. The Bertz CT molecular complexity index is 924. The van der Waals surface area contributed by atoms with Gasteiger partial charge in [-0.3, -0.25) is 4.90 Å². The molecule has 8 nitrogen and oxygen atoms in total. The smallest absolute Gasteiger partial charge is 0.414 e. The van der Waals surface area contributed by atoms with E-state index >= 15 is 0 Å². The number of hydrogen-bond donors (Lipinski definition) is 2. The minimum atomic E-state index is -3.96. The first-order valence-electron chi connectivity index (χ1n) is 7.80.